The van der Waals surface area contributed by atoms with Gasteiger partial charge in [0.05, 0.1) is 0 Å². The van der Waals surface area contributed by atoms with Crippen LogP contribution >= 0.6 is 12.4 Å². The van der Waals surface area contributed by atoms with Crippen LogP contribution in [0.5, 0.6) is 11.5 Å². The van der Waals surface area contributed by atoms with Gasteiger partial charge in [-0.15, -0.1) is 12.4 Å². The third-order valence-corrected chi connectivity index (χ3v) is 2.52. The lowest BCUT2D eigenvalue weighted by molar-refractivity contribution is -0.153. The first-order valence-corrected chi connectivity index (χ1v) is 6.75. The summed E-state index contributed by atoms with van der Waals surface area (Å²) in [4.78, 5) is 11.5. The Morgan fingerprint density at radius 3 is 2.30 bits per heavy atom. The predicted molar refractivity (Wildman–Crippen MR) is 82.3 cm³/mol. The number of hydrogen-bond acceptors (Lipinski definition) is 4. The summed E-state index contributed by atoms with van der Waals surface area (Å²) in [5.74, 6) is -0.304. The fourth-order valence-corrected chi connectivity index (χ4v) is 1.54. The van der Waals surface area contributed by atoms with E-state index in [4.69, 9.17) is 4.74 Å². The van der Waals surface area contributed by atoms with E-state index in [1.54, 1.807) is 6.07 Å². The van der Waals surface area contributed by atoms with E-state index in [1.807, 2.05) is 7.05 Å². The minimum atomic E-state index is -4.43. The number of hydrogen-bond donors (Lipinski definition) is 2. The van der Waals surface area contributed by atoms with E-state index in [2.05, 4.69) is 15.4 Å². The molecule has 1 amide bonds. The van der Waals surface area contributed by atoms with Gasteiger partial charge < -0.3 is 20.1 Å². The lowest BCUT2D eigenvalue weighted by Crippen LogP contribution is -2.31. The largest absolute Gasteiger partial charge is 0.480 e. The molecule has 0 spiro atoms. The molecule has 0 fully saturated rings. The minimum Gasteiger partial charge on any atom is -0.480 e. The van der Waals surface area contributed by atoms with Crippen LogP contribution in [0.4, 0.5) is 13.2 Å². The van der Waals surface area contributed by atoms with Crippen molar-refractivity contribution in [2.24, 2.45) is 0 Å². The maximum atomic E-state index is 12.2. The van der Waals surface area contributed by atoms with Gasteiger partial charge in [0.15, 0.2) is 24.7 Å². The van der Waals surface area contributed by atoms with Crippen LogP contribution in [0.15, 0.2) is 24.3 Å². The van der Waals surface area contributed by atoms with Crippen LogP contribution in [0.2, 0.25) is 0 Å². The summed E-state index contributed by atoms with van der Waals surface area (Å²) in [7, 11) is 1.81. The Morgan fingerprint density at radius 1 is 1.13 bits per heavy atom. The van der Waals surface area contributed by atoms with E-state index in [0.29, 0.717) is 6.54 Å². The van der Waals surface area contributed by atoms with Crippen LogP contribution in [0.25, 0.3) is 0 Å². The van der Waals surface area contributed by atoms with Gasteiger partial charge in [0.25, 0.3) is 5.91 Å². The molecule has 0 heterocycles. The number of carbonyl (C=O) groups is 1. The minimum absolute atomic E-state index is 0. The summed E-state index contributed by atoms with van der Waals surface area (Å²) < 4.78 is 46.3. The Bertz CT molecular complexity index is 473. The zero-order chi connectivity index (χ0) is 16.4. The molecule has 0 bridgehead atoms. The molecule has 0 aromatic heterocycles. The van der Waals surface area contributed by atoms with Gasteiger partial charge in [0.1, 0.15) is 0 Å². The molecule has 0 atom stereocenters. The second-order valence-corrected chi connectivity index (χ2v) is 4.45. The first kappa shape index (κ1) is 21.3. The topological polar surface area (TPSA) is 59.6 Å². The molecular formula is C14H20ClF3N2O3. The molecule has 2 N–H and O–H groups in total. The highest BCUT2D eigenvalue weighted by Gasteiger charge is 2.28. The number of carbonyl (C=O) groups excluding carboxylic acids is 1. The van der Waals surface area contributed by atoms with Crippen LogP contribution in [0.1, 0.15) is 6.42 Å². The number of amides is 1. The summed E-state index contributed by atoms with van der Waals surface area (Å²) in [6.07, 6.45) is -3.66. The van der Waals surface area contributed by atoms with Gasteiger partial charge in [-0.05, 0) is 32.1 Å². The average molecular weight is 357 g/mol. The summed E-state index contributed by atoms with van der Waals surface area (Å²) >= 11 is 0. The Kier molecular flexibility index (Phi) is 10.2. The van der Waals surface area contributed by atoms with Crippen LogP contribution < -0.4 is 20.1 Å². The molecule has 132 valence electrons. The fraction of sp³-hybridized carbons (Fsp3) is 0.500. The maximum absolute atomic E-state index is 12.2. The molecule has 9 heteroatoms. The Labute approximate surface area is 138 Å². The van der Waals surface area contributed by atoms with E-state index in [-0.39, 0.29) is 36.4 Å². The normalized spacial score (nSPS) is 10.6. The van der Waals surface area contributed by atoms with E-state index >= 15 is 0 Å². The van der Waals surface area contributed by atoms with Crippen molar-refractivity contribution in [1.82, 2.24) is 10.6 Å². The van der Waals surface area contributed by atoms with Crippen molar-refractivity contribution >= 4 is 18.3 Å². The summed E-state index contributed by atoms with van der Waals surface area (Å²) in [5.41, 5.74) is 0. The number of ether oxygens (including phenoxy) is 2. The van der Waals surface area contributed by atoms with Crippen LogP contribution in [0, 0.1) is 0 Å². The Morgan fingerprint density at radius 2 is 1.74 bits per heavy atom. The number of rotatable bonds is 9. The van der Waals surface area contributed by atoms with Crippen LogP contribution in [-0.2, 0) is 4.79 Å². The standard InChI is InChI=1S/C14H19F3N2O3.ClH/c1-18-7-4-8-19-13(20)9-21-11-5-2-3-6-12(11)22-10-14(15,16)17;/h2-3,5-6,18H,4,7-10H2,1H3,(H,19,20);1H. The van der Waals surface area contributed by atoms with Gasteiger partial charge in [-0.1, -0.05) is 12.1 Å². The molecular weight excluding hydrogens is 337 g/mol. The zero-order valence-electron chi connectivity index (χ0n) is 12.6. The van der Waals surface area contributed by atoms with Crippen molar-refractivity contribution in [2.75, 3.05) is 33.4 Å². The van der Waals surface area contributed by atoms with Crippen LogP contribution in [-0.4, -0.2) is 45.4 Å². The molecule has 0 saturated heterocycles. The molecule has 0 aliphatic carbocycles. The third-order valence-electron chi connectivity index (χ3n) is 2.52. The van der Waals surface area contributed by atoms with E-state index < -0.39 is 12.8 Å². The summed E-state index contributed by atoms with van der Waals surface area (Å²) in [6, 6.07) is 5.91. The molecule has 0 saturated carbocycles. The fourth-order valence-electron chi connectivity index (χ4n) is 1.54. The highest BCUT2D eigenvalue weighted by molar-refractivity contribution is 5.85. The SMILES string of the molecule is CNCCCNC(=O)COc1ccccc1OCC(F)(F)F.Cl. The monoisotopic (exact) mass is 356 g/mol. The first-order valence-electron chi connectivity index (χ1n) is 6.75. The van der Waals surface area contributed by atoms with Gasteiger partial charge in [-0.3, -0.25) is 4.79 Å². The van der Waals surface area contributed by atoms with Gasteiger partial charge in [-0.25, -0.2) is 0 Å². The van der Waals surface area contributed by atoms with E-state index in [0.717, 1.165) is 13.0 Å². The van der Waals surface area contributed by atoms with Crippen LogP contribution in [0.3, 0.4) is 0 Å². The molecule has 1 rings (SSSR count). The molecule has 0 radical (unpaired) electrons. The Balaban J connectivity index is 0.00000484. The van der Waals surface area contributed by atoms with E-state index in [1.165, 1.54) is 18.2 Å². The van der Waals surface area contributed by atoms with Gasteiger partial charge >= 0.3 is 6.18 Å². The van der Waals surface area contributed by atoms with Gasteiger partial charge in [-0.2, -0.15) is 13.2 Å². The molecule has 23 heavy (non-hydrogen) atoms. The summed E-state index contributed by atoms with van der Waals surface area (Å²) in [5, 5.41) is 5.58. The number of para-hydroxylation sites is 2. The van der Waals surface area contributed by atoms with Crippen molar-refractivity contribution in [2.45, 2.75) is 12.6 Å². The second kappa shape index (κ2) is 11.0. The molecule has 5 nitrogen and oxygen atoms in total. The maximum Gasteiger partial charge on any atom is 0.422 e. The van der Waals surface area contributed by atoms with Crippen molar-refractivity contribution in [3.8, 4) is 11.5 Å². The summed E-state index contributed by atoms with van der Waals surface area (Å²) in [6.45, 7) is -0.431. The first-order chi connectivity index (χ1) is 10.4. The lowest BCUT2D eigenvalue weighted by Gasteiger charge is -2.13. The molecule has 1 aromatic carbocycles. The quantitative estimate of drug-likeness (QED) is 0.666. The van der Waals surface area contributed by atoms with Crippen molar-refractivity contribution in [3.63, 3.8) is 0 Å². The molecule has 0 aliphatic heterocycles. The highest BCUT2D eigenvalue weighted by atomic mass is 35.5. The van der Waals surface area contributed by atoms with E-state index in [9.17, 15) is 18.0 Å². The Hall–Kier alpha value is -1.67. The molecule has 1 aromatic rings. The van der Waals surface area contributed by atoms with Crippen molar-refractivity contribution in [3.05, 3.63) is 24.3 Å². The lowest BCUT2D eigenvalue weighted by atomic mass is 10.3. The molecule has 0 unspecified atom stereocenters. The van der Waals surface area contributed by atoms with Gasteiger partial charge in [0, 0.05) is 6.54 Å². The molecule has 0 aliphatic rings. The third kappa shape index (κ3) is 9.85. The zero-order valence-corrected chi connectivity index (χ0v) is 13.4. The number of benzene rings is 1. The number of alkyl halides is 3. The van der Waals surface area contributed by atoms with Gasteiger partial charge in [0.2, 0.25) is 0 Å². The average Bonchev–Trinajstić information content (AvgIpc) is 2.47. The number of nitrogens with one attached hydrogen (secondary N) is 2. The number of halogens is 4. The van der Waals surface area contributed by atoms with Crippen molar-refractivity contribution in [1.29, 1.82) is 0 Å². The second-order valence-electron chi connectivity index (χ2n) is 4.45. The highest BCUT2D eigenvalue weighted by Crippen LogP contribution is 2.28. The van der Waals surface area contributed by atoms with Crippen molar-refractivity contribution < 1.29 is 27.4 Å². The smallest absolute Gasteiger partial charge is 0.422 e. The predicted octanol–water partition coefficient (Wildman–Crippen LogP) is 2.15.